The number of methoxy groups -OCH3 is 2. The molecule has 16 heavy (non-hydrogen) atoms. The van der Waals surface area contributed by atoms with Crippen LogP contribution in [0.15, 0.2) is 12.1 Å². The van der Waals surface area contributed by atoms with Crippen molar-refractivity contribution in [2.24, 2.45) is 0 Å². The van der Waals surface area contributed by atoms with Crippen molar-refractivity contribution in [1.82, 2.24) is 0 Å². The highest BCUT2D eigenvalue weighted by Gasteiger charge is 2.41. The molecule has 0 spiro atoms. The van der Waals surface area contributed by atoms with Crippen LogP contribution in [0.3, 0.4) is 0 Å². The Balaban J connectivity index is 2.33. The highest BCUT2D eigenvalue weighted by atomic mass is 19.1. The summed E-state index contributed by atoms with van der Waals surface area (Å²) in [6.45, 7) is 0. The molecule has 0 radical (unpaired) electrons. The highest BCUT2D eigenvalue weighted by Crippen LogP contribution is 2.41. The molecule has 0 amide bonds. The van der Waals surface area contributed by atoms with Crippen molar-refractivity contribution < 1.29 is 19.0 Å². The quantitative estimate of drug-likeness (QED) is 0.852. The van der Waals surface area contributed by atoms with Gasteiger partial charge in [0, 0.05) is 18.1 Å². The molecule has 1 aromatic rings. The Morgan fingerprint density at radius 3 is 2.38 bits per heavy atom. The van der Waals surface area contributed by atoms with Gasteiger partial charge < -0.3 is 14.6 Å². The molecule has 88 valence electrons. The average Bonchev–Trinajstić information content (AvgIpc) is 2.98. The third-order valence-corrected chi connectivity index (χ3v) is 2.90. The molecule has 1 saturated carbocycles. The number of ether oxygens (including phenoxy) is 2. The van der Waals surface area contributed by atoms with Gasteiger partial charge in [-0.25, -0.2) is 4.39 Å². The molecule has 0 aromatic heterocycles. The second-order valence-corrected chi connectivity index (χ2v) is 4.20. The van der Waals surface area contributed by atoms with Crippen LogP contribution in [-0.2, 0) is 6.42 Å². The lowest BCUT2D eigenvalue weighted by Gasteiger charge is -2.14. The average molecular weight is 226 g/mol. The minimum atomic E-state index is -0.629. The van der Waals surface area contributed by atoms with E-state index in [-0.39, 0.29) is 5.75 Å². The van der Waals surface area contributed by atoms with Crippen molar-refractivity contribution >= 4 is 0 Å². The SMILES string of the molecule is COc1cc(CC2(O)CC2)c(OC)cc1F. The molecule has 0 saturated heterocycles. The normalized spacial score (nSPS) is 17.0. The van der Waals surface area contributed by atoms with Crippen LogP contribution in [0.1, 0.15) is 18.4 Å². The monoisotopic (exact) mass is 226 g/mol. The van der Waals surface area contributed by atoms with E-state index in [9.17, 15) is 9.50 Å². The van der Waals surface area contributed by atoms with Gasteiger partial charge in [0.15, 0.2) is 11.6 Å². The fraction of sp³-hybridized carbons (Fsp3) is 0.500. The molecular formula is C12H15FO3. The van der Waals surface area contributed by atoms with Gasteiger partial charge >= 0.3 is 0 Å². The molecule has 1 aliphatic carbocycles. The number of hydrogen-bond acceptors (Lipinski definition) is 3. The van der Waals surface area contributed by atoms with Crippen LogP contribution < -0.4 is 9.47 Å². The molecule has 1 N–H and O–H groups in total. The van der Waals surface area contributed by atoms with Crippen molar-refractivity contribution in [3.63, 3.8) is 0 Å². The Labute approximate surface area is 93.8 Å². The number of aliphatic hydroxyl groups is 1. The zero-order chi connectivity index (χ0) is 11.8. The maximum Gasteiger partial charge on any atom is 0.168 e. The largest absolute Gasteiger partial charge is 0.496 e. The van der Waals surface area contributed by atoms with Gasteiger partial charge in [-0.2, -0.15) is 0 Å². The van der Waals surface area contributed by atoms with E-state index in [1.54, 1.807) is 6.07 Å². The van der Waals surface area contributed by atoms with Gasteiger partial charge in [0.2, 0.25) is 0 Å². The summed E-state index contributed by atoms with van der Waals surface area (Å²) in [5.74, 6) is 0.185. The van der Waals surface area contributed by atoms with Crippen LogP contribution in [0.4, 0.5) is 4.39 Å². The lowest BCUT2D eigenvalue weighted by atomic mass is 10.0. The summed E-state index contributed by atoms with van der Waals surface area (Å²) in [5.41, 5.74) is 0.150. The number of rotatable bonds is 4. The van der Waals surface area contributed by atoms with Gasteiger partial charge in [0.25, 0.3) is 0 Å². The summed E-state index contributed by atoms with van der Waals surface area (Å²) in [6, 6.07) is 2.88. The maximum absolute atomic E-state index is 13.4. The lowest BCUT2D eigenvalue weighted by Crippen LogP contribution is -2.12. The van der Waals surface area contributed by atoms with Gasteiger partial charge in [0.1, 0.15) is 5.75 Å². The summed E-state index contributed by atoms with van der Waals surface area (Å²) in [5, 5.41) is 9.84. The van der Waals surface area contributed by atoms with Crippen molar-refractivity contribution in [3.8, 4) is 11.5 Å². The van der Waals surface area contributed by atoms with Gasteiger partial charge in [0.05, 0.1) is 19.8 Å². The molecule has 1 aliphatic rings. The summed E-state index contributed by atoms with van der Waals surface area (Å²) < 4.78 is 23.4. The molecule has 4 heteroatoms. The summed E-state index contributed by atoms with van der Waals surface area (Å²) in [4.78, 5) is 0. The molecule has 2 rings (SSSR count). The van der Waals surface area contributed by atoms with Gasteiger partial charge in [-0.3, -0.25) is 0 Å². The minimum absolute atomic E-state index is 0.181. The molecule has 0 heterocycles. The number of benzene rings is 1. The second-order valence-electron chi connectivity index (χ2n) is 4.20. The van der Waals surface area contributed by atoms with Crippen molar-refractivity contribution in [1.29, 1.82) is 0 Å². The Kier molecular flexibility index (Phi) is 2.76. The molecule has 0 atom stereocenters. The van der Waals surface area contributed by atoms with E-state index in [2.05, 4.69) is 0 Å². The third kappa shape index (κ3) is 2.11. The number of hydrogen-bond donors (Lipinski definition) is 1. The first-order valence-electron chi connectivity index (χ1n) is 5.21. The van der Waals surface area contributed by atoms with Gasteiger partial charge in [-0.1, -0.05) is 0 Å². The van der Waals surface area contributed by atoms with Crippen LogP contribution in [0, 0.1) is 5.82 Å². The summed E-state index contributed by atoms with van der Waals surface area (Å²) in [6.07, 6.45) is 2.05. The van der Waals surface area contributed by atoms with Crippen molar-refractivity contribution in [2.75, 3.05) is 14.2 Å². The minimum Gasteiger partial charge on any atom is -0.496 e. The standard InChI is InChI=1S/C12H15FO3/c1-15-10-6-9(13)11(16-2)5-8(10)7-12(14)3-4-12/h5-6,14H,3-4,7H2,1-2H3. The lowest BCUT2D eigenvalue weighted by molar-refractivity contribution is 0.149. The van der Waals surface area contributed by atoms with E-state index in [1.807, 2.05) is 0 Å². The van der Waals surface area contributed by atoms with E-state index in [0.717, 1.165) is 18.4 Å². The first-order valence-corrected chi connectivity index (χ1v) is 5.21. The fourth-order valence-electron chi connectivity index (χ4n) is 1.74. The first kappa shape index (κ1) is 11.2. The zero-order valence-electron chi connectivity index (χ0n) is 9.42. The van der Waals surface area contributed by atoms with Gasteiger partial charge in [-0.15, -0.1) is 0 Å². The maximum atomic E-state index is 13.4. The van der Waals surface area contributed by atoms with Crippen LogP contribution in [0.5, 0.6) is 11.5 Å². The van der Waals surface area contributed by atoms with Crippen molar-refractivity contribution in [3.05, 3.63) is 23.5 Å². The predicted molar refractivity (Wildman–Crippen MR) is 57.4 cm³/mol. The second kappa shape index (κ2) is 3.94. The topological polar surface area (TPSA) is 38.7 Å². The smallest absolute Gasteiger partial charge is 0.168 e. The van der Waals surface area contributed by atoms with Crippen molar-refractivity contribution in [2.45, 2.75) is 24.9 Å². The van der Waals surface area contributed by atoms with Crippen LogP contribution in [0.2, 0.25) is 0 Å². The molecule has 1 fully saturated rings. The van der Waals surface area contributed by atoms with E-state index in [1.165, 1.54) is 20.3 Å². The molecular weight excluding hydrogens is 211 g/mol. The number of halogens is 1. The first-order chi connectivity index (χ1) is 7.58. The summed E-state index contributed by atoms with van der Waals surface area (Å²) >= 11 is 0. The molecule has 0 unspecified atom stereocenters. The third-order valence-electron chi connectivity index (χ3n) is 2.90. The van der Waals surface area contributed by atoms with Gasteiger partial charge in [-0.05, 0) is 18.9 Å². The summed E-state index contributed by atoms with van der Waals surface area (Å²) in [7, 11) is 2.90. The Bertz CT molecular complexity index is 399. The molecule has 1 aromatic carbocycles. The molecule has 0 aliphatic heterocycles. The predicted octanol–water partition coefficient (Wildman–Crippen LogP) is 1.91. The van der Waals surface area contributed by atoms with E-state index in [0.29, 0.717) is 12.2 Å². The Morgan fingerprint density at radius 1 is 1.25 bits per heavy atom. The fourth-order valence-corrected chi connectivity index (χ4v) is 1.74. The zero-order valence-corrected chi connectivity index (χ0v) is 9.42. The van der Waals surface area contributed by atoms with Crippen LogP contribution in [0.25, 0.3) is 0 Å². The van der Waals surface area contributed by atoms with Crippen LogP contribution in [-0.4, -0.2) is 24.9 Å². The molecule has 3 nitrogen and oxygen atoms in total. The van der Waals surface area contributed by atoms with E-state index < -0.39 is 11.4 Å². The van der Waals surface area contributed by atoms with E-state index >= 15 is 0 Å². The molecule has 0 bridgehead atoms. The Hall–Kier alpha value is -1.29. The highest BCUT2D eigenvalue weighted by molar-refractivity contribution is 5.42. The Morgan fingerprint density at radius 2 is 1.88 bits per heavy atom. The van der Waals surface area contributed by atoms with Crippen LogP contribution >= 0.6 is 0 Å². The van der Waals surface area contributed by atoms with E-state index in [4.69, 9.17) is 9.47 Å².